The third-order valence-corrected chi connectivity index (χ3v) is 3.14. The van der Waals surface area contributed by atoms with Gasteiger partial charge < -0.3 is 10.2 Å². The average molecular weight is 239 g/mol. The molecule has 6 heteroatoms. The first-order chi connectivity index (χ1) is 8.19. The molecule has 1 atom stereocenters. The second kappa shape index (κ2) is 5.29. The molecule has 0 saturated carbocycles. The van der Waals surface area contributed by atoms with Crippen molar-refractivity contribution in [3.63, 3.8) is 0 Å². The summed E-state index contributed by atoms with van der Waals surface area (Å²) in [7, 11) is 0. The molecular formula is C11H17N3O3. The second-order valence-corrected chi connectivity index (χ2v) is 4.48. The van der Waals surface area contributed by atoms with Gasteiger partial charge in [-0.05, 0) is 37.9 Å². The van der Waals surface area contributed by atoms with Gasteiger partial charge in [0.05, 0.1) is 12.6 Å². The zero-order valence-electron chi connectivity index (χ0n) is 9.67. The van der Waals surface area contributed by atoms with Crippen LogP contribution in [-0.4, -0.2) is 29.5 Å². The summed E-state index contributed by atoms with van der Waals surface area (Å²) in [6, 6.07) is 3.07. The normalized spacial score (nSPS) is 21.6. The van der Waals surface area contributed by atoms with Crippen LogP contribution in [0.3, 0.4) is 0 Å². The van der Waals surface area contributed by atoms with Gasteiger partial charge >= 0.3 is 5.88 Å². The molecule has 1 saturated heterocycles. The zero-order chi connectivity index (χ0) is 12.3. The van der Waals surface area contributed by atoms with Gasteiger partial charge in [0.15, 0.2) is 0 Å². The minimum atomic E-state index is -0.512. The molecule has 17 heavy (non-hydrogen) atoms. The Morgan fingerprint density at radius 3 is 3.06 bits per heavy atom. The third-order valence-electron chi connectivity index (χ3n) is 3.14. The maximum absolute atomic E-state index is 10.5. The lowest BCUT2D eigenvalue weighted by molar-refractivity contribution is -0.402. The van der Waals surface area contributed by atoms with E-state index in [9.17, 15) is 10.1 Å². The number of furan rings is 1. The number of hydrogen-bond acceptors (Lipinski definition) is 5. The average Bonchev–Trinajstić information content (AvgIpc) is 2.78. The van der Waals surface area contributed by atoms with E-state index < -0.39 is 4.92 Å². The molecule has 1 aliphatic heterocycles. The van der Waals surface area contributed by atoms with Crippen molar-refractivity contribution in [2.24, 2.45) is 11.7 Å². The molecule has 94 valence electrons. The van der Waals surface area contributed by atoms with Crippen molar-refractivity contribution < 1.29 is 9.34 Å². The van der Waals surface area contributed by atoms with Gasteiger partial charge in [-0.1, -0.05) is 0 Å². The van der Waals surface area contributed by atoms with Crippen molar-refractivity contribution in [2.45, 2.75) is 19.4 Å². The fourth-order valence-electron chi connectivity index (χ4n) is 2.26. The van der Waals surface area contributed by atoms with Crippen LogP contribution in [0.5, 0.6) is 0 Å². The van der Waals surface area contributed by atoms with E-state index in [1.807, 2.05) is 0 Å². The Hall–Kier alpha value is -1.40. The summed E-state index contributed by atoms with van der Waals surface area (Å²) in [5.74, 6) is 0.996. The van der Waals surface area contributed by atoms with E-state index in [2.05, 4.69) is 4.90 Å². The van der Waals surface area contributed by atoms with Gasteiger partial charge in [-0.2, -0.15) is 0 Å². The van der Waals surface area contributed by atoms with Gasteiger partial charge in [-0.25, -0.2) is 0 Å². The van der Waals surface area contributed by atoms with E-state index in [1.54, 1.807) is 6.07 Å². The summed E-state index contributed by atoms with van der Waals surface area (Å²) in [5, 5.41) is 10.5. The summed E-state index contributed by atoms with van der Waals surface area (Å²) in [6.45, 7) is 3.29. The Balaban J connectivity index is 1.93. The van der Waals surface area contributed by atoms with Crippen molar-refractivity contribution in [3.8, 4) is 0 Å². The maximum atomic E-state index is 10.5. The number of nitrogens with two attached hydrogens (primary N) is 1. The molecule has 6 nitrogen and oxygen atoms in total. The molecule has 0 aromatic carbocycles. The Bertz CT molecular complexity index is 391. The maximum Gasteiger partial charge on any atom is 0.433 e. The van der Waals surface area contributed by atoms with E-state index >= 15 is 0 Å². The molecule has 1 aromatic heterocycles. The lowest BCUT2D eigenvalue weighted by atomic mass is 9.98. The number of likely N-dealkylation sites (tertiary alicyclic amines) is 1. The molecule has 0 spiro atoms. The minimum Gasteiger partial charge on any atom is -0.404 e. The summed E-state index contributed by atoms with van der Waals surface area (Å²) < 4.78 is 5.14. The Labute approximate surface area is 99.5 Å². The SMILES string of the molecule is NCC1CCCN(Cc2ccc([N+](=O)[O-])o2)C1. The van der Waals surface area contributed by atoms with Gasteiger partial charge in [-0.3, -0.25) is 15.0 Å². The van der Waals surface area contributed by atoms with Gasteiger partial charge in [0.25, 0.3) is 0 Å². The first-order valence-corrected chi connectivity index (χ1v) is 5.84. The molecule has 1 fully saturated rings. The molecule has 1 aliphatic rings. The van der Waals surface area contributed by atoms with Crippen molar-refractivity contribution in [3.05, 3.63) is 28.0 Å². The van der Waals surface area contributed by atoms with E-state index in [4.69, 9.17) is 10.2 Å². The highest BCUT2D eigenvalue weighted by Crippen LogP contribution is 2.21. The van der Waals surface area contributed by atoms with Crippen LogP contribution in [-0.2, 0) is 6.54 Å². The van der Waals surface area contributed by atoms with Crippen molar-refractivity contribution in [1.82, 2.24) is 4.90 Å². The lowest BCUT2D eigenvalue weighted by Gasteiger charge is -2.31. The van der Waals surface area contributed by atoms with Gasteiger partial charge in [-0.15, -0.1) is 0 Å². The molecular weight excluding hydrogens is 222 g/mol. The molecule has 2 N–H and O–H groups in total. The van der Waals surface area contributed by atoms with Crippen molar-refractivity contribution >= 4 is 5.88 Å². The first kappa shape index (κ1) is 12.1. The van der Waals surface area contributed by atoms with E-state index in [0.717, 1.165) is 19.5 Å². The predicted molar refractivity (Wildman–Crippen MR) is 62.4 cm³/mol. The van der Waals surface area contributed by atoms with Crippen LogP contribution in [0.15, 0.2) is 16.5 Å². The van der Waals surface area contributed by atoms with Crippen LogP contribution < -0.4 is 5.73 Å². The van der Waals surface area contributed by atoms with E-state index in [-0.39, 0.29) is 5.88 Å². The minimum absolute atomic E-state index is 0.188. The molecule has 2 heterocycles. The second-order valence-electron chi connectivity index (χ2n) is 4.48. The topological polar surface area (TPSA) is 85.5 Å². The lowest BCUT2D eigenvalue weighted by Crippen LogP contribution is -2.37. The van der Waals surface area contributed by atoms with Crippen molar-refractivity contribution in [2.75, 3.05) is 19.6 Å². The summed E-state index contributed by atoms with van der Waals surface area (Å²) in [6.07, 6.45) is 2.30. The van der Waals surface area contributed by atoms with Crippen molar-refractivity contribution in [1.29, 1.82) is 0 Å². The van der Waals surface area contributed by atoms with Crippen LogP contribution in [0.25, 0.3) is 0 Å². The highest BCUT2D eigenvalue weighted by atomic mass is 16.6. The fraction of sp³-hybridized carbons (Fsp3) is 0.636. The van der Waals surface area contributed by atoms with Crippen LogP contribution >= 0.6 is 0 Å². The largest absolute Gasteiger partial charge is 0.433 e. The van der Waals surface area contributed by atoms with Crippen LogP contribution in [0.1, 0.15) is 18.6 Å². The number of nitrogens with zero attached hydrogens (tertiary/aromatic N) is 2. The Kier molecular flexibility index (Phi) is 3.75. The zero-order valence-corrected chi connectivity index (χ0v) is 9.67. The third kappa shape index (κ3) is 3.04. The van der Waals surface area contributed by atoms with Gasteiger partial charge in [0.1, 0.15) is 10.7 Å². The van der Waals surface area contributed by atoms with Gasteiger partial charge in [0.2, 0.25) is 0 Å². The summed E-state index contributed by atoms with van der Waals surface area (Å²) in [5.41, 5.74) is 5.66. The monoisotopic (exact) mass is 239 g/mol. The summed E-state index contributed by atoms with van der Waals surface area (Å²) in [4.78, 5) is 12.2. The summed E-state index contributed by atoms with van der Waals surface area (Å²) >= 11 is 0. The number of nitro groups is 1. The molecule has 2 rings (SSSR count). The van der Waals surface area contributed by atoms with Crippen LogP contribution in [0.4, 0.5) is 5.88 Å². The standard InChI is InChI=1S/C11H17N3O3/c12-6-9-2-1-5-13(7-9)8-10-3-4-11(17-10)14(15)16/h3-4,9H,1-2,5-8,12H2. The molecule has 0 bridgehead atoms. The number of piperidine rings is 1. The molecule has 0 aliphatic carbocycles. The van der Waals surface area contributed by atoms with Crippen LogP contribution in [0, 0.1) is 16.0 Å². The predicted octanol–water partition coefficient (Wildman–Crippen LogP) is 1.36. The fourth-order valence-corrected chi connectivity index (χ4v) is 2.26. The highest BCUT2D eigenvalue weighted by Gasteiger charge is 2.20. The van der Waals surface area contributed by atoms with E-state index in [0.29, 0.717) is 24.8 Å². The highest BCUT2D eigenvalue weighted by molar-refractivity contribution is 5.17. The molecule has 1 unspecified atom stereocenters. The molecule has 0 radical (unpaired) electrons. The first-order valence-electron chi connectivity index (χ1n) is 5.84. The quantitative estimate of drug-likeness (QED) is 0.633. The molecule has 0 amide bonds. The smallest absolute Gasteiger partial charge is 0.404 e. The van der Waals surface area contributed by atoms with Gasteiger partial charge in [0, 0.05) is 6.54 Å². The van der Waals surface area contributed by atoms with E-state index in [1.165, 1.54) is 12.5 Å². The van der Waals surface area contributed by atoms with Crippen LogP contribution in [0.2, 0.25) is 0 Å². The molecule has 1 aromatic rings. The Morgan fingerprint density at radius 2 is 2.41 bits per heavy atom. The number of hydrogen-bond donors (Lipinski definition) is 1. The number of rotatable bonds is 4. The Morgan fingerprint density at radius 1 is 1.59 bits per heavy atom.